The molecule has 3 aromatic carbocycles. The molecule has 4 aromatic rings. The number of anilines is 1. The Hall–Kier alpha value is -3.80. The van der Waals surface area contributed by atoms with Crippen LogP contribution in [0.2, 0.25) is 0 Å². The van der Waals surface area contributed by atoms with Gasteiger partial charge in [0.2, 0.25) is 11.8 Å². The molecule has 138 valence electrons. The lowest BCUT2D eigenvalue weighted by Gasteiger charge is -2.05. The lowest BCUT2D eigenvalue weighted by atomic mass is 10.1. The third-order valence-electron chi connectivity index (χ3n) is 4.20. The van der Waals surface area contributed by atoms with Gasteiger partial charge in [-0.1, -0.05) is 23.8 Å². The molecule has 1 heterocycles. The number of aryl methyl sites for hydroxylation is 1. The quantitative estimate of drug-likeness (QED) is 0.540. The molecular weight excluding hydrogens is 357 g/mol. The highest BCUT2D eigenvalue weighted by molar-refractivity contribution is 6.04. The van der Waals surface area contributed by atoms with Crippen LogP contribution in [0.5, 0.6) is 0 Å². The highest BCUT2D eigenvalue weighted by atomic mass is 19.1. The van der Waals surface area contributed by atoms with Crippen LogP contribution in [0, 0.1) is 12.7 Å². The predicted molar refractivity (Wildman–Crippen MR) is 104 cm³/mol. The average Bonchev–Trinajstić information content (AvgIpc) is 3.19. The normalized spacial score (nSPS) is 10.6. The van der Waals surface area contributed by atoms with Crippen LogP contribution in [0.1, 0.15) is 15.9 Å². The highest BCUT2D eigenvalue weighted by Gasteiger charge is 2.12. The second-order valence-electron chi connectivity index (χ2n) is 6.32. The summed E-state index contributed by atoms with van der Waals surface area (Å²) in [6, 6.07) is 20.3. The van der Waals surface area contributed by atoms with Crippen LogP contribution >= 0.6 is 0 Å². The maximum Gasteiger partial charge on any atom is 0.255 e. The number of hydrogen-bond acceptors (Lipinski definition) is 4. The first kappa shape index (κ1) is 17.6. The largest absolute Gasteiger partial charge is 0.416 e. The van der Waals surface area contributed by atoms with Crippen molar-refractivity contribution in [2.24, 2.45) is 0 Å². The molecule has 0 radical (unpaired) electrons. The molecule has 0 aliphatic carbocycles. The smallest absolute Gasteiger partial charge is 0.255 e. The van der Waals surface area contributed by atoms with Crippen LogP contribution in [0.4, 0.5) is 10.1 Å². The first-order valence-corrected chi connectivity index (χ1v) is 8.66. The van der Waals surface area contributed by atoms with Crippen molar-refractivity contribution in [3.63, 3.8) is 0 Å². The SMILES string of the molecule is Cc1ccc(-c2nnc(-c3ccc(C(=O)Nc4cccc(F)c4)cc3)o2)cc1. The fourth-order valence-corrected chi connectivity index (χ4v) is 2.69. The summed E-state index contributed by atoms with van der Waals surface area (Å²) in [5.41, 5.74) is 3.53. The molecule has 0 atom stereocenters. The molecule has 5 nitrogen and oxygen atoms in total. The lowest BCUT2D eigenvalue weighted by Crippen LogP contribution is -2.11. The van der Waals surface area contributed by atoms with E-state index < -0.39 is 5.82 Å². The first-order valence-electron chi connectivity index (χ1n) is 8.66. The summed E-state index contributed by atoms with van der Waals surface area (Å²) in [4.78, 5) is 12.3. The van der Waals surface area contributed by atoms with Gasteiger partial charge >= 0.3 is 0 Å². The van der Waals surface area contributed by atoms with E-state index in [0.717, 1.165) is 11.1 Å². The minimum Gasteiger partial charge on any atom is -0.416 e. The number of amides is 1. The van der Waals surface area contributed by atoms with Crippen molar-refractivity contribution < 1.29 is 13.6 Å². The Kier molecular flexibility index (Phi) is 4.68. The van der Waals surface area contributed by atoms with Crippen molar-refractivity contribution in [1.29, 1.82) is 0 Å². The van der Waals surface area contributed by atoms with Crippen LogP contribution in [0.15, 0.2) is 77.2 Å². The number of carbonyl (C=O) groups excluding carboxylic acids is 1. The summed E-state index contributed by atoms with van der Waals surface area (Å²) < 4.78 is 19.0. The van der Waals surface area contributed by atoms with E-state index in [4.69, 9.17) is 4.42 Å². The summed E-state index contributed by atoms with van der Waals surface area (Å²) in [5, 5.41) is 10.8. The van der Waals surface area contributed by atoms with E-state index in [2.05, 4.69) is 15.5 Å². The molecule has 6 heteroatoms. The van der Waals surface area contributed by atoms with Crippen molar-refractivity contribution in [2.75, 3.05) is 5.32 Å². The minimum atomic E-state index is -0.408. The molecular formula is C22H16FN3O2. The fourth-order valence-electron chi connectivity index (χ4n) is 2.69. The maximum absolute atomic E-state index is 13.2. The predicted octanol–water partition coefficient (Wildman–Crippen LogP) is 5.10. The van der Waals surface area contributed by atoms with Gasteiger partial charge in [0, 0.05) is 22.4 Å². The Bertz CT molecular complexity index is 1120. The van der Waals surface area contributed by atoms with E-state index >= 15 is 0 Å². The van der Waals surface area contributed by atoms with E-state index in [0.29, 0.717) is 28.6 Å². The van der Waals surface area contributed by atoms with Gasteiger partial charge in [0.25, 0.3) is 5.91 Å². The number of carbonyl (C=O) groups is 1. The summed E-state index contributed by atoms with van der Waals surface area (Å²) in [7, 11) is 0. The molecule has 0 fully saturated rings. The third kappa shape index (κ3) is 3.81. The third-order valence-corrected chi connectivity index (χ3v) is 4.20. The molecule has 0 aliphatic rings. The number of hydrogen-bond donors (Lipinski definition) is 1. The molecule has 0 spiro atoms. The van der Waals surface area contributed by atoms with Crippen LogP contribution in [0.3, 0.4) is 0 Å². The molecule has 0 unspecified atom stereocenters. The molecule has 4 rings (SSSR count). The topological polar surface area (TPSA) is 68.0 Å². The van der Waals surface area contributed by atoms with Crippen molar-refractivity contribution in [3.05, 3.63) is 89.7 Å². The monoisotopic (exact) mass is 373 g/mol. The van der Waals surface area contributed by atoms with Gasteiger partial charge in [-0.3, -0.25) is 4.79 Å². The second-order valence-corrected chi connectivity index (χ2v) is 6.32. The summed E-state index contributed by atoms with van der Waals surface area (Å²) >= 11 is 0. The zero-order chi connectivity index (χ0) is 19.5. The average molecular weight is 373 g/mol. The number of rotatable bonds is 4. The molecule has 28 heavy (non-hydrogen) atoms. The Morgan fingerprint density at radius 3 is 2.11 bits per heavy atom. The first-order chi connectivity index (χ1) is 13.6. The van der Waals surface area contributed by atoms with Crippen molar-refractivity contribution in [2.45, 2.75) is 6.92 Å². The van der Waals surface area contributed by atoms with Gasteiger partial charge in [-0.15, -0.1) is 10.2 Å². The summed E-state index contributed by atoms with van der Waals surface area (Å²) in [6.07, 6.45) is 0. The highest BCUT2D eigenvalue weighted by Crippen LogP contribution is 2.24. The van der Waals surface area contributed by atoms with Gasteiger partial charge in [-0.2, -0.15) is 0 Å². The van der Waals surface area contributed by atoms with Gasteiger partial charge in [-0.25, -0.2) is 4.39 Å². The molecule has 1 amide bonds. The summed E-state index contributed by atoms with van der Waals surface area (Å²) in [6.45, 7) is 2.01. The number of nitrogens with one attached hydrogen (secondary N) is 1. The molecule has 1 N–H and O–H groups in total. The van der Waals surface area contributed by atoms with E-state index in [1.807, 2.05) is 31.2 Å². The van der Waals surface area contributed by atoms with E-state index in [1.165, 1.54) is 18.2 Å². The Morgan fingerprint density at radius 1 is 0.893 bits per heavy atom. The zero-order valence-electron chi connectivity index (χ0n) is 15.0. The molecule has 1 aromatic heterocycles. The standard InChI is InChI=1S/C22H16FN3O2/c1-14-5-7-16(8-6-14)21-25-26-22(28-21)17-11-9-15(10-12-17)20(27)24-19-4-2-3-18(23)13-19/h2-13H,1H3,(H,24,27). The van der Waals surface area contributed by atoms with Gasteiger partial charge in [0.15, 0.2) is 0 Å². The van der Waals surface area contributed by atoms with Crippen LogP contribution in [0.25, 0.3) is 22.9 Å². The van der Waals surface area contributed by atoms with E-state index in [1.54, 1.807) is 30.3 Å². The molecule has 0 saturated heterocycles. The van der Waals surface area contributed by atoms with Crippen LogP contribution in [-0.4, -0.2) is 16.1 Å². The van der Waals surface area contributed by atoms with Gasteiger partial charge in [0.05, 0.1) is 0 Å². The lowest BCUT2D eigenvalue weighted by molar-refractivity contribution is 0.102. The number of halogens is 1. The Morgan fingerprint density at radius 2 is 1.50 bits per heavy atom. The molecule has 0 bridgehead atoms. The number of benzene rings is 3. The van der Waals surface area contributed by atoms with Crippen molar-refractivity contribution >= 4 is 11.6 Å². The van der Waals surface area contributed by atoms with Gasteiger partial charge < -0.3 is 9.73 Å². The Labute approximate surface area is 160 Å². The van der Waals surface area contributed by atoms with E-state index in [-0.39, 0.29) is 5.91 Å². The molecule has 0 aliphatic heterocycles. The second kappa shape index (κ2) is 7.44. The minimum absolute atomic E-state index is 0.331. The Balaban J connectivity index is 1.50. The maximum atomic E-state index is 13.2. The van der Waals surface area contributed by atoms with Crippen molar-refractivity contribution in [1.82, 2.24) is 10.2 Å². The van der Waals surface area contributed by atoms with E-state index in [9.17, 15) is 9.18 Å². The molecule has 0 saturated carbocycles. The summed E-state index contributed by atoms with van der Waals surface area (Å²) in [5.74, 6) is 0.0625. The van der Waals surface area contributed by atoms with Crippen LogP contribution in [-0.2, 0) is 0 Å². The number of aromatic nitrogens is 2. The van der Waals surface area contributed by atoms with Gasteiger partial charge in [0.1, 0.15) is 5.82 Å². The fraction of sp³-hybridized carbons (Fsp3) is 0.0455. The van der Waals surface area contributed by atoms with Crippen LogP contribution < -0.4 is 5.32 Å². The van der Waals surface area contributed by atoms with Crippen molar-refractivity contribution in [3.8, 4) is 22.9 Å². The zero-order valence-corrected chi connectivity index (χ0v) is 15.0. The number of nitrogens with zero attached hydrogens (tertiary/aromatic N) is 2. The van der Waals surface area contributed by atoms with Gasteiger partial charge in [-0.05, 0) is 61.5 Å².